The van der Waals surface area contributed by atoms with Gasteiger partial charge in [0.15, 0.2) is 15.7 Å². The van der Waals surface area contributed by atoms with Gasteiger partial charge in [0.2, 0.25) is 5.89 Å². The third kappa shape index (κ3) is 3.36. The lowest BCUT2D eigenvalue weighted by molar-refractivity contribution is 0.238. The zero-order valence-corrected chi connectivity index (χ0v) is 12.2. The van der Waals surface area contributed by atoms with Gasteiger partial charge in [-0.25, -0.2) is 8.42 Å². The third-order valence-corrected chi connectivity index (χ3v) is 5.64. The lowest BCUT2D eigenvalue weighted by Gasteiger charge is -2.16. The van der Waals surface area contributed by atoms with Crippen molar-refractivity contribution in [1.29, 1.82) is 0 Å². The molecule has 0 bridgehead atoms. The molecule has 2 aliphatic rings. The lowest BCUT2D eigenvalue weighted by atomic mass is 10.1. The molecule has 8 heteroatoms. The maximum absolute atomic E-state index is 11.5. The summed E-state index contributed by atoms with van der Waals surface area (Å²) in [7, 11) is -2.91. The Morgan fingerprint density at radius 1 is 1.35 bits per heavy atom. The summed E-state index contributed by atoms with van der Waals surface area (Å²) in [6.07, 6.45) is 1.72. The van der Waals surface area contributed by atoms with Crippen molar-refractivity contribution in [1.82, 2.24) is 20.4 Å². The smallest absolute Gasteiger partial charge is 0.240 e. The van der Waals surface area contributed by atoms with Gasteiger partial charge in [-0.3, -0.25) is 4.90 Å². The van der Waals surface area contributed by atoms with Crippen LogP contribution in [0, 0.1) is 0 Å². The molecule has 2 fully saturated rings. The van der Waals surface area contributed by atoms with Gasteiger partial charge in [-0.2, -0.15) is 4.98 Å². The van der Waals surface area contributed by atoms with Crippen LogP contribution in [0.1, 0.15) is 30.5 Å². The largest absolute Gasteiger partial charge is 0.338 e. The molecule has 112 valence electrons. The average molecular weight is 300 g/mol. The van der Waals surface area contributed by atoms with Crippen LogP contribution in [-0.4, -0.2) is 61.1 Å². The minimum Gasteiger partial charge on any atom is -0.338 e. The molecule has 0 radical (unpaired) electrons. The molecule has 20 heavy (non-hydrogen) atoms. The summed E-state index contributed by atoms with van der Waals surface area (Å²) in [6.45, 7) is 4.65. The van der Waals surface area contributed by atoms with E-state index in [4.69, 9.17) is 4.52 Å². The van der Waals surface area contributed by atoms with Gasteiger partial charge in [-0.05, 0) is 25.9 Å². The molecular formula is C12H20N4O3S. The number of rotatable bonds is 3. The van der Waals surface area contributed by atoms with Crippen LogP contribution in [0.15, 0.2) is 4.52 Å². The molecule has 1 unspecified atom stereocenters. The molecular weight excluding hydrogens is 280 g/mol. The van der Waals surface area contributed by atoms with Crippen molar-refractivity contribution in [3.8, 4) is 0 Å². The van der Waals surface area contributed by atoms with E-state index in [-0.39, 0.29) is 17.4 Å². The van der Waals surface area contributed by atoms with Gasteiger partial charge >= 0.3 is 0 Å². The van der Waals surface area contributed by atoms with E-state index in [0.29, 0.717) is 24.7 Å². The second-order valence-electron chi connectivity index (χ2n) is 5.53. The van der Waals surface area contributed by atoms with E-state index in [2.05, 4.69) is 20.4 Å². The lowest BCUT2D eigenvalue weighted by Crippen LogP contribution is -2.27. The zero-order chi connectivity index (χ0) is 14.0. The number of nitrogens with zero attached hydrogens (tertiary/aromatic N) is 3. The maximum atomic E-state index is 11.5. The number of aromatic nitrogens is 2. The maximum Gasteiger partial charge on any atom is 0.240 e. The Kier molecular flexibility index (Phi) is 4.04. The molecule has 1 aromatic rings. The summed E-state index contributed by atoms with van der Waals surface area (Å²) < 4.78 is 28.2. The first-order chi connectivity index (χ1) is 9.62. The number of nitrogens with one attached hydrogen (secondary N) is 1. The molecule has 0 saturated carbocycles. The molecule has 1 aromatic heterocycles. The van der Waals surface area contributed by atoms with E-state index < -0.39 is 9.84 Å². The van der Waals surface area contributed by atoms with Gasteiger partial charge in [0.1, 0.15) is 0 Å². The Bertz CT molecular complexity index is 549. The fraction of sp³-hybridized carbons (Fsp3) is 0.833. The van der Waals surface area contributed by atoms with Crippen LogP contribution in [0.2, 0.25) is 0 Å². The Hall–Kier alpha value is -0.990. The predicted molar refractivity (Wildman–Crippen MR) is 73.1 cm³/mol. The third-order valence-electron chi connectivity index (χ3n) is 3.87. The van der Waals surface area contributed by atoms with Crippen molar-refractivity contribution in [2.75, 3.05) is 37.7 Å². The molecule has 7 nitrogen and oxygen atoms in total. The van der Waals surface area contributed by atoms with Crippen LogP contribution < -0.4 is 5.32 Å². The van der Waals surface area contributed by atoms with E-state index in [0.717, 1.165) is 32.6 Å². The van der Waals surface area contributed by atoms with E-state index in [1.54, 1.807) is 0 Å². The second-order valence-corrected chi connectivity index (χ2v) is 7.75. The van der Waals surface area contributed by atoms with Crippen molar-refractivity contribution in [3.63, 3.8) is 0 Å². The van der Waals surface area contributed by atoms with Crippen LogP contribution in [0.4, 0.5) is 0 Å². The molecule has 0 spiro atoms. The molecule has 3 heterocycles. The van der Waals surface area contributed by atoms with Crippen LogP contribution in [0.25, 0.3) is 0 Å². The summed E-state index contributed by atoms with van der Waals surface area (Å²) in [5.74, 6) is 1.43. The summed E-state index contributed by atoms with van der Waals surface area (Å²) in [5.41, 5.74) is 0. The first-order valence-electron chi connectivity index (χ1n) is 7.08. The molecule has 0 amide bonds. The highest BCUT2D eigenvalue weighted by atomic mass is 32.2. The number of sulfone groups is 1. The monoisotopic (exact) mass is 300 g/mol. The van der Waals surface area contributed by atoms with Gasteiger partial charge in [0.05, 0.1) is 18.1 Å². The molecule has 3 rings (SSSR count). The summed E-state index contributed by atoms with van der Waals surface area (Å²) in [6, 6.07) is 0. The first kappa shape index (κ1) is 14.0. The normalized spacial score (nSPS) is 27.5. The Balaban J connectivity index is 1.62. The Morgan fingerprint density at radius 2 is 2.25 bits per heavy atom. The van der Waals surface area contributed by atoms with Crippen molar-refractivity contribution < 1.29 is 12.9 Å². The molecule has 1 N–H and O–H groups in total. The topological polar surface area (TPSA) is 88.3 Å². The van der Waals surface area contributed by atoms with Gasteiger partial charge in [0, 0.05) is 19.0 Å². The Morgan fingerprint density at radius 3 is 3.05 bits per heavy atom. The van der Waals surface area contributed by atoms with E-state index in [1.165, 1.54) is 0 Å². The van der Waals surface area contributed by atoms with Crippen LogP contribution in [0.3, 0.4) is 0 Å². The van der Waals surface area contributed by atoms with Crippen LogP contribution >= 0.6 is 0 Å². The second kappa shape index (κ2) is 5.79. The van der Waals surface area contributed by atoms with E-state index >= 15 is 0 Å². The average Bonchev–Trinajstić information content (AvgIpc) is 2.90. The SMILES string of the molecule is O=S1(=O)CCC(c2noc(CN3CCCNCC3)n2)C1. The van der Waals surface area contributed by atoms with Gasteiger partial charge in [-0.1, -0.05) is 5.16 Å². The van der Waals surface area contributed by atoms with Gasteiger partial charge in [-0.15, -0.1) is 0 Å². The summed E-state index contributed by atoms with van der Waals surface area (Å²) in [5, 5.41) is 7.31. The van der Waals surface area contributed by atoms with Crippen molar-refractivity contribution in [2.24, 2.45) is 0 Å². The van der Waals surface area contributed by atoms with Gasteiger partial charge in [0.25, 0.3) is 0 Å². The summed E-state index contributed by atoms with van der Waals surface area (Å²) in [4.78, 5) is 6.66. The van der Waals surface area contributed by atoms with E-state index in [9.17, 15) is 8.42 Å². The van der Waals surface area contributed by atoms with Crippen molar-refractivity contribution in [3.05, 3.63) is 11.7 Å². The van der Waals surface area contributed by atoms with Crippen LogP contribution in [0.5, 0.6) is 0 Å². The van der Waals surface area contributed by atoms with Crippen molar-refractivity contribution in [2.45, 2.75) is 25.3 Å². The fourth-order valence-corrected chi connectivity index (χ4v) is 4.49. The number of hydrogen-bond donors (Lipinski definition) is 1. The standard InChI is InChI=1S/C12H20N4O3S/c17-20(18)7-2-10(9-20)12-14-11(19-15-12)8-16-5-1-3-13-4-6-16/h10,13H,1-9H2. The van der Waals surface area contributed by atoms with E-state index in [1.807, 2.05) is 0 Å². The minimum atomic E-state index is -2.91. The molecule has 2 aliphatic heterocycles. The molecule has 2 saturated heterocycles. The van der Waals surface area contributed by atoms with Crippen molar-refractivity contribution >= 4 is 9.84 Å². The van der Waals surface area contributed by atoms with Crippen LogP contribution in [-0.2, 0) is 16.4 Å². The number of hydrogen-bond acceptors (Lipinski definition) is 7. The fourth-order valence-electron chi connectivity index (χ4n) is 2.75. The highest BCUT2D eigenvalue weighted by molar-refractivity contribution is 7.91. The van der Waals surface area contributed by atoms with Gasteiger partial charge < -0.3 is 9.84 Å². The molecule has 0 aromatic carbocycles. The zero-order valence-electron chi connectivity index (χ0n) is 11.4. The predicted octanol–water partition coefficient (Wildman–Crippen LogP) is -0.233. The highest BCUT2D eigenvalue weighted by Gasteiger charge is 2.32. The quantitative estimate of drug-likeness (QED) is 0.824. The molecule has 1 atom stereocenters. The highest BCUT2D eigenvalue weighted by Crippen LogP contribution is 2.26. The Labute approximate surface area is 118 Å². The minimum absolute atomic E-state index is 0.0942. The summed E-state index contributed by atoms with van der Waals surface area (Å²) >= 11 is 0. The molecule has 0 aliphatic carbocycles. The first-order valence-corrected chi connectivity index (χ1v) is 8.90.